The van der Waals surface area contributed by atoms with Gasteiger partial charge in [-0.25, -0.2) is 9.67 Å². The molecule has 1 fully saturated rings. The molecule has 2 aromatic heterocycles. The van der Waals surface area contributed by atoms with Gasteiger partial charge in [0.15, 0.2) is 0 Å². The van der Waals surface area contributed by atoms with E-state index < -0.39 is 0 Å². The molecule has 26 heavy (non-hydrogen) atoms. The van der Waals surface area contributed by atoms with Crippen LogP contribution in [0.5, 0.6) is 0 Å². The number of rotatable bonds is 6. The predicted molar refractivity (Wildman–Crippen MR) is 98.7 cm³/mol. The smallest absolute Gasteiger partial charge is 0.231 e. The number of amides is 1. The molecular formula is C17H21N7OS. The van der Waals surface area contributed by atoms with Crippen LogP contribution in [-0.2, 0) is 4.79 Å². The van der Waals surface area contributed by atoms with E-state index in [1.165, 1.54) is 24.6 Å². The van der Waals surface area contributed by atoms with Crippen LogP contribution >= 0.6 is 11.8 Å². The summed E-state index contributed by atoms with van der Waals surface area (Å²) in [6, 6.07) is 7.99. The number of aromatic nitrogens is 6. The number of tetrazole rings is 1. The highest BCUT2D eigenvalue weighted by Gasteiger charge is 2.22. The zero-order valence-electron chi connectivity index (χ0n) is 14.6. The maximum absolute atomic E-state index is 12.3. The fraction of sp³-hybridized carbons (Fsp3) is 0.471. The number of nitrogens with zero attached hydrogens (tertiary/aromatic N) is 5. The molecule has 0 spiro atoms. The van der Waals surface area contributed by atoms with Crippen LogP contribution in [0.4, 0.5) is 0 Å². The largest absolute Gasteiger partial charge is 0.346 e. The summed E-state index contributed by atoms with van der Waals surface area (Å²) in [4.78, 5) is 20.1. The summed E-state index contributed by atoms with van der Waals surface area (Å²) in [5.74, 6) is 0.960. The number of carbonyl (C=O) groups is 1. The molecule has 1 aromatic carbocycles. The highest BCUT2D eigenvalue weighted by Crippen LogP contribution is 2.31. The van der Waals surface area contributed by atoms with Crippen LogP contribution in [0.2, 0.25) is 0 Å². The van der Waals surface area contributed by atoms with E-state index in [2.05, 4.69) is 30.8 Å². The van der Waals surface area contributed by atoms with Gasteiger partial charge in [-0.2, -0.15) is 0 Å². The average Bonchev–Trinajstić information content (AvgIpc) is 3.38. The van der Waals surface area contributed by atoms with Crippen LogP contribution < -0.4 is 5.32 Å². The van der Waals surface area contributed by atoms with Crippen molar-refractivity contribution in [3.05, 3.63) is 30.1 Å². The molecule has 8 nitrogen and oxygen atoms in total. The molecule has 1 saturated carbocycles. The van der Waals surface area contributed by atoms with Crippen molar-refractivity contribution in [3.63, 3.8) is 0 Å². The zero-order chi connectivity index (χ0) is 17.9. The summed E-state index contributed by atoms with van der Waals surface area (Å²) in [5, 5.41) is 15.6. The number of imidazole rings is 1. The molecule has 2 N–H and O–H groups in total. The number of thioether (sulfide) groups is 1. The highest BCUT2D eigenvalue weighted by atomic mass is 32.2. The molecule has 9 heteroatoms. The Bertz CT molecular complexity index is 866. The lowest BCUT2D eigenvalue weighted by Crippen LogP contribution is -2.29. The Kier molecular flexibility index (Phi) is 4.87. The third kappa shape index (κ3) is 3.57. The van der Waals surface area contributed by atoms with E-state index in [9.17, 15) is 4.79 Å². The second-order valence-electron chi connectivity index (χ2n) is 6.56. The number of nitrogens with one attached hydrogen (secondary N) is 2. The van der Waals surface area contributed by atoms with E-state index in [1.54, 1.807) is 0 Å². The predicted octanol–water partition coefficient (Wildman–Crippen LogP) is 2.63. The fourth-order valence-corrected chi connectivity index (χ4v) is 4.07. The fourth-order valence-electron chi connectivity index (χ4n) is 3.32. The summed E-state index contributed by atoms with van der Waals surface area (Å²) in [7, 11) is 0. The minimum absolute atomic E-state index is 0.0658. The maximum atomic E-state index is 12.3. The topological polar surface area (TPSA) is 101 Å². The Balaban J connectivity index is 1.34. The zero-order valence-corrected chi connectivity index (χ0v) is 15.4. The van der Waals surface area contributed by atoms with Gasteiger partial charge in [0.2, 0.25) is 11.1 Å². The quantitative estimate of drug-likeness (QED) is 0.646. The minimum Gasteiger partial charge on any atom is -0.346 e. The molecule has 1 aliphatic rings. The Morgan fingerprint density at radius 1 is 1.38 bits per heavy atom. The molecule has 4 rings (SSSR count). The first-order valence-electron chi connectivity index (χ1n) is 8.85. The normalized spacial score (nSPS) is 16.2. The second kappa shape index (κ2) is 7.45. The van der Waals surface area contributed by atoms with Gasteiger partial charge in [0.25, 0.3) is 0 Å². The number of carbonyl (C=O) groups excluding carboxylic acids is 1. The Morgan fingerprint density at radius 3 is 3.00 bits per heavy atom. The number of hydrogen-bond donors (Lipinski definition) is 2. The van der Waals surface area contributed by atoms with Crippen molar-refractivity contribution in [2.75, 3.05) is 5.75 Å². The standard InChI is InChI=1S/C17H21N7OS/c1-11(16-19-13-8-4-5-9-14(13)20-16)18-15(25)10-26-17-21-22-23-24(17)12-6-2-3-7-12/h4-5,8-9,11-12H,2-3,6-7,10H2,1H3,(H,18,25)(H,19,20). The van der Waals surface area contributed by atoms with Gasteiger partial charge in [0, 0.05) is 0 Å². The summed E-state index contributed by atoms with van der Waals surface area (Å²) >= 11 is 1.38. The van der Waals surface area contributed by atoms with Gasteiger partial charge in [-0.05, 0) is 42.3 Å². The van der Waals surface area contributed by atoms with Gasteiger partial charge in [0.1, 0.15) is 5.82 Å². The average molecular weight is 371 g/mol. The molecule has 1 atom stereocenters. The van der Waals surface area contributed by atoms with Crippen LogP contribution in [0.15, 0.2) is 29.4 Å². The van der Waals surface area contributed by atoms with Gasteiger partial charge in [0.05, 0.1) is 28.9 Å². The van der Waals surface area contributed by atoms with Crippen molar-refractivity contribution in [1.29, 1.82) is 0 Å². The van der Waals surface area contributed by atoms with Crippen LogP contribution in [-0.4, -0.2) is 41.8 Å². The van der Waals surface area contributed by atoms with Crippen molar-refractivity contribution in [3.8, 4) is 0 Å². The van der Waals surface area contributed by atoms with Gasteiger partial charge in [-0.15, -0.1) is 5.10 Å². The molecule has 3 aromatic rings. The first kappa shape index (κ1) is 17.0. The molecule has 0 radical (unpaired) electrons. The van der Waals surface area contributed by atoms with Crippen molar-refractivity contribution in [2.24, 2.45) is 0 Å². The van der Waals surface area contributed by atoms with Gasteiger partial charge >= 0.3 is 0 Å². The van der Waals surface area contributed by atoms with Gasteiger partial charge in [-0.3, -0.25) is 4.79 Å². The number of H-pyrrole nitrogens is 1. The van der Waals surface area contributed by atoms with Crippen LogP contribution in [0.25, 0.3) is 11.0 Å². The van der Waals surface area contributed by atoms with E-state index in [1.807, 2.05) is 35.9 Å². The lowest BCUT2D eigenvalue weighted by molar-refractivity contribution is -0.119. The highest BCUT2D eigenvalue weighted by molar-refractivity contribution is 7.99. The number of fused-ring (bicyclic) bond motifs is 1. The Hall–Kier alpha value is -2.42. The summed E-state index contributed by atoms with van der Waals surface area (Å²) in [6.45, 7) is 1.92. The molecule has 1 aliphatic carbocycles. The summed E-state index contributed by atoms with van der Waals surface area (Å²) in [5.41, 5.74) is 1.86. The van der Waals surface area contributed by atoms with Crippen LogP contribution in [0.1, 0.15) is 50.5 Å². The Morgan fingerprint density at radius 2 is 2.19 bits per heavy atom. The number of hydrogen-bond acceptors (Lipinski definition) is 6. The third-order valence-electron chi connectivity index (χ3n) is 4.66. The molecule has 0 aliphatic heterocycles. The van der Waals surface area contributed by atoms with Crippen molar-refractivity contribution >= 4 is 28.7 Å². The molecule has 0 bridgehead atoms. The van der Waals surface area contributed by atoms with Crippen LogP contribution in [0, 0.1) is 0 Å². The summed E-state index contributed by atoms with van der Waals surface area (Å²) in [6.07, 6.45) is 4.63. The minimum atomic E-state index is -0.193. The first-order valence-corrected chi connectivity index (χ1v) is 9.84. The SMILES string of the molecule is CC(NC(=O)CSc1nnnn1C1CCCC1)c1nc2ccccc2[nH]1. The van der Waals surface area contributed by atoms with Gasteiger partial charge in [-0.1, -0.05) is 36.7 Å². The molecule has 1 amide bonds. The van der Waals surface area contributed by atoms with E-state index in [0.29, 0.717) is 11.2 Å². The number of benzene rings is 1. The van der Waals surface area contributed by atoms with E-state index in [0.717, 1.165) is 29.7 Å². The van der Waals surface area contributed by atoms with Crippen molar-refractivity contribution < 1.29 is 4.79 Å². The van der Waals surface area contributed by atoms with Crippen molar-refractivity contribution in [2.45, 2.75) is 49.8 Å². The monoisotopic (exact) mass is 371 g/mol. The first-order chi connectivity index (χ1) is 12.7. The maximum Gasteiger partial charge on any atom is 0.231 e. The third-order valence-corrected chi connectivity index (χ3v) is 5.59. The number of aromatic amines is 1. The number of para-hydroxylation sites is 2. The van der Waals surface area contributed by atoms with Crippen LogP contribution in [0.3, 0.4) is 0 Å². The lowest BCUT2D eigenvalue weighted by Gasteiger charge is -2.12. The molecule has 2 heterocycles. The lowest BCUT2D eigenvalue weighted by atomic mass is 10.3. The summed E-state index contributed by atoms with van der Waals surface area (Å²) < 4.78 is 1.87. The van der Waals surface area contributed by atoms with Crippen molar-refractivity contribution in [1.82, 2.24) is 35.5 Å². The van der Waals surface area contributed by atoms with Gasteiger partial charge < -0.3 is 10.3 Å². The molecule has 1 unspecified atom stereocenters. The molecular weight excluding hydrogens is 350 g/mol. The second-order valence-corrected chi connectivity index (χ2v) is 7.50. The van der Waals surface area contributed by atoms with E-state index in [4.69, 9.17) is 0 Å². The Labute approximate surface area is 155 Å². The van der Waals surface area contributed by atoms with E-state index in [-0.39, 0.29) is 17.7 Å². The molecule has 136 valence electrons. The van der Waals surface area contributed by atoms with E-state index >= 15 is 0 Å². The molecule has 0 saturated heterocycles.